The average Bonchev–Trinajstić information content (AvgIpc) is 3.17. The highest BCUT2D eigenvalue weighted by molar-refractivity contribution is 5.76. The standard InChI is InChI=1S/C18H19N5O/c1-2-3-9-18(21-22-18)10-8-17(24)20-13-15-4-6-16(7-5-15)23-12-11-19-14-23/h1,4-7,11-12,14H,3,8-10,13H2,(H,20,24). The van der Waals surface area contributed by atoms with Crippen LogP contribution in [0.3, 0.4) is 0 Å². The summed E-state index contributed by atoms with van der Waals surface area (Å²) >= 11 is 0. The van der Waals surface area contributed by atoms with E-state index in [1.807, 2.05) is 35.0 Å². The lowest BCUT2D eigenvalue weighted by atomic mass is 10.0. The van der Waals surface area contributed by atoms with Crippen LogP contribution in [0, 0.1) is 12.3 Å². The molecule has 0 unspecified atom stereocenters. The maximum atomic E-state index is 12.0. The van der Waals surface area contributed by atoms with E-state index in [9.17, 15) is 4.79 Å². The minimum Gasteiger partial charge on any atom is -0.352 e. The lowest BCUT2D eigenvalue weighted by molar-refractivity contribution is -0.121. The van der Waals surface area contributed by atoms with E-state index in [1.54, 1.807) is 12.5 Å². The highest BCUT2D eigenvalue weighted by atomic mass is 16.1. The number of nitrogens with zero attached hydrogens (tertiary/aromatic N) is 4. The van der Waals surface area contributed by atoms with E-state index < -0.39 is 5.66 Å². The summed E-state index contributed by atoms with van der Waals surface area (Å²) < 4.78 is 1.93. The number of imidazole rings is 1. The quantitative estimate of drug-likeness (QED) is 0.759. The van der Waals surface area contributed by atoms with Crippen molar-refractivity contribution in [2.75, 3.05) is 0 Å². The molecule has 24 heavy (non-hydrogen) atoms. The largest absolute Gasteiger partial charge is 0.352 e. The molecule has 2 heterocycles. The molecule has 0 saturated heterocycles. The number of carbonyl (C=O) groups excluding carboxylic acids is 1. The summed E-state index contributed by atoms with van der Waals surface area (Å²) in [5.41, 5.74) is 1.70. The van der Waals surface area contributed by atoms with Gasteiger partial charge in [-0.05, 0) is 17.7 Å². The Hall–Kier alpha value is -2.94. The summed E-state index contributed by atoms with van der Waals surface area (Å²) in [7, 11) is 0. The van der Waals surface area contributed by atoms with Crippen molar-refractivity contribution < 1.29 is 4.79 Å². The monoisotopic (exact) mass is 321 g/mol. The highest BCUT2D eigenvalue weighted by Crippen LogP contribution is 2.37. The molecule has 1 amide bonds. The van der Waals surface area contributed by atoms with Crippen molar-refractivity contribution in [2.45, 2.75) is 37.9 Å². The van der Waals surface area contributed by atoms with Crippen molar-refractivity contribution in [3.63, 3.8) is 0 Å². The Kier molecular flexibility index (Phi) is 4.71. The van der Waals surface area contributed by atoms with Gasteiger partial charge >= 0.3 is 0 Å². The van der Waals surface area contributed by atoms with Gasteiger partial charge < -0.3 is 9.88 Å². The number of aromatic nitrogens is 2. The van der Waals surface area contributed by atoms with E-state index in [-0.39, 0.29) is 5.91 Å². The van der Waals surface area contributed by atoms with E-state index in [1.165, 1.54) is 0 Å². The number of benzene rings is 1. The molecule has 1 aromatic heterocycles. The number of carbonyl (C=O) groups is 1. The van der Waals surface area contributed by atoms with Gasteiger partial charge in [0, 0.05) is 50.3 Å². The van der Waals surface area contributed by atoms with Gasteiger partial charge in [-0.3, -0.25) is 4.79 Å². The maximum Gasteiger partial charge on any atom is 0.220 e. The SMILES string of the molecule is C#CCCC1(CCC(=O)NCc2ccc(-n3ccnc3)cc2)N=N1. The molecule has 6 heteroatoms. The summed E-state index contributed by atoms with van der Waals surface area (Å²) in [6.07, 6.45) is 13.0. The Morgan fingerprint density at radius 3 is 2.67 bits per heavy atom. The van der Waals surface area contributed by atoms with Crippen molar-refractivity contribution in [1.29, 1.82) is 0 Å². The van der Waals surface area contributed by atoms with Crippen LogP contribution in [0.5, 0.6) is 0 Å². The smallest absolute Gasteiger partial charge is 0.220 e. The molecule has 0 fully saturated rings. The van der Waals surface area contributed by atoms with Gasteiger partial charge in [-0.25, -0.2) is 4.98 Å². The zero-order chi connectivity index (χ0) is 16.8. The van der Waals surface area contributed by atoms with E-state index in [4.69, 9.17) is 6.42 Å². The van der Waals surface area contributed by atoms with Crippen molar-refractivity contribution >= 4 is 5.91 Å². The third-order valence-electron chi connectivity index (χ3n) is 4.03. The molecule has 1 aliphatic heterocycles. The fourth-order valence-corrected chi connectivity index (χ4v) is 2.47. The van der Waals surface area contributed by atoms with Gasteiger partial charge in [-0.15, -0.1) is 12.3 Å². The summed E-state index contributed by atoms with van der Waals surface area (Å²) in [4.78, 5) is 16.0. The van der Waals surface area contributed by atoms with Crippen LogP contribution < -0.4 is 5.32 Å². The lowest BCUT2D eigenvalue weighted by Crippen LogP contribution is -2.24. The summed E-state index contributed by atoms with van der Waals surface area (Å²) in [6.45, 7) is 0.509. The van der Waals surface area contributed by atoms with Gasteiger partial charge in [0.15, 0.2) is 5.66 Å². The number of rotatable bonds is 8. The maximum absolute atomic E-state index is 12.0. The molecule has 1 aliphatic rings. The molecule has 0 bridgehead atoms. The fraction of sp³-hybridized carbons (Fsp3) is 0.333. The second-order valence-electron chi connectivity index (χ2n) is 5.80. The number of amides is 1. The molecule has 0 atom stereocenters. The molecule has 0 aliphatic carbocycles. The Balaban J connectivity index is 1.42. The first-order valence-corrected chi connectivity index (χ1v) is 7.92. The molecule has 0 spiro atoms. The minimum atomic E-state index is -0.393. The van der Waals surface area contributed by atoms with Crippen LogP contribution in [0.2, 0.25) is 0 Å². The van der Waals surface area contributed by atoms with Crippen molar-refractivity contribution in [2.24, 2.45) is 10.2 Å². The Morgan fingerprint density at radius 2 is 2.04 bits per heavy atom. The summed E-state index contributed by atoms with van der Waals surface area (Å²) in [6, 6.07) is 7.99. The number of nitrogens with one attached hydrogen (secondary N) is 1. The molecule has 122 valence electrons. The van der Waals surface area contributed by atoms with Gasteiger partial charge in [0.1, 0.15) is 0 Å². The van der Waals surface area contributed by atoms with Crippen LogP contribution in [0.4, 0.5) is 0 Å². The molecule has 2 aromatic rings. The van der Waals surface area contributed by atoms with E-state index in [0.717, 1.165) is 17.7 Å². The van der Waals surface area contributed by atoms with Gasteiger partial charge in [0.05, 0.1) is 6.33 Å². The average molecular weight is 321 g/mol. The summed E-state index contributed by atoms with van der Waals surface area (Å²) in [5.74, 6) is 2.59. The molecular formula is C18H19N5O. The van der Waals surface area contributed by atoms with Crippen LogP contribution in [0.25, 0.3) is 5.69 Å². The Labute approximate surface area is 141 Å². The second kappa shape index (κ2) is 7.09. The fourth-order valence-electron chi connectivity index (χ4n) is 2.47. The third-order valence-corrected chi connectivity index (χ3v) is 4.03. The van der Waals surface area contributed by atoms with E-state index in [0.29, 0.717) is 25.8 Å². The molecule has 1 aromatic carbocycles. The van der Waals surface area contributed by atoms with Gasteiger partial charge in [0.25, 0.3) is 0 Å². The molecule has 6 nitrogen and oxygen atoms in total. The first kappa shape index (κ1) is 15.9. The lowest BCUT2D eigenvalue weighted by Gasteiger charge is -2.10. The van der Waals surface area contributed by atoms with Crippen LogP contribution in [0.1, 0.15) is 31.2 Å². The molecule has 1 N–H and O–H groups in total. The Bertz CT molecular complexity index is 750. The zero-order valence-electron chi connectivity index (χ0n) is 13.4. The predicted octanol–water partition coefficient (Wildman–Crippen LogP) is 2.84. The first-order chi connectivity index (χ1) is 11.7. The normalized spacial score (nSPS) is 14.1. The second-order valence-corrected chi connectivity index (χ2v) is 5.80. The summed E-state index contributed by atoms with van der Waals surface area (Å²) in [5, 5.41) is 11.0. The molecule has 0 saturated carbocycles. The van der Waals surface area contributed by atoms with Crippen LogP contribution in [-0.4, -0.2) is 21.1 Å². The number of hydrogen-bond acceptors (Lipinski definition) is 4. The zero-order valence-corrected chi connectivity index (χ0v) is 13.4. The molecule has 0 radical (unpaired) electrons. The first-order valence-electron chi connectivity index (χ1n) is 7.92. The Morgan fingerprint density at radius 1 is 1.25 bits per heavy atom. The van der Waals surface area contributed by atoms with Gasteiger partial charge in [-0.1, -0.05) is 12.1 Å². The molecule has 3 rings (SSSR count). The van der Waals surface area contributed by atoms with Crippen molar-refractivity contribution in [3.05, 3.63) is 48.5 Å². The predicted molar refractivity (Wildman–Crippen MR) is 90.3 cm³/mol. The van der Waals surface area contributed by atoms with Crippen LogP contribution in [0.15, 0.2) is 53.2 Å². The van der Waals surface area contributed by atoms with E-state index in [2.05, 4.69) is 26.4 Å². The van der Waals surface area contributed by atoms with E-state index >= 15 is 0 Å². The highest BCUT2D eigenvalue weighted by Gasteiger charge is 2.39. The molecular weight excluding hydrogens is 302 g/mol. The van der Waals surface area contributed by atoms with Crippen molar-refractivity contribution in [3.8, 4) is 18.0 Å². The van der Waals surface area contributed by atoms with Gasteiger partial charge in [0.2, 0.25) is 5.91 Å². The van der Waals surface area contributed by atoms with Crippen LogP contribution in [-0.2, 0) is 11.3 Å². The van der Waals surface area contributed by atoms with Crippen molar-refractivity contribution in [1.82, 2.24) is 14.9 Å². The van der Waals surface area contributed by atoms with Gasteiger partial charge in [-0.2, -0.15) is 10.2 Å². The topological polar surface area (TPSA) is 71.6 Å². The third kappa shape index (κ3) is 4.07. The number of hydrogen-bond donors (Lipinski definition) is 1. The number of terminal acetylenes is 1. The van der Waals surface area contributed by atoms with Crippen LogP contribution >= 0.6 is 0 Å². The minimum absolute atomic E-state index is 0.00562.